The van der Waals surface area contributed by atoms with E-state index in [1.807, 2.05) is 29.3 Å². The number of aliphatic hydroxyl groups excluding tert-OH is 1. The van der Waals surface area contributed by atoms with Crippen molar-refractivity contribution in [1.29, 1.82) is 0 Å². The van der Waals surface area contributed by atoms with Gasteiger partial charge >= 0.3 is 0 Å². The molecule has 5 heterocycles. The van der Waals surface area contributed by atoms with Crippen LogP contribution in [0.3, 0.4) is 0 Å². The van der Waals surface area contributed by atoms with E-state index >= 15 is 0 Å². The van der Waals surface area contributed by atoms with E-state index < -0.39 is 6.10 Å². The summed E-state index contributed by atoms with van der Waals surface area (Å²) in [7, 11) is 0. The Morgan fingerprint density at radius 3 is 2.66 bits per heavy atom. The topological polar surface area (TPSA) is 88.4 Å². The molecule has 0 aromatic carbocycles. The van der Waals surface area contributed by atoms with Gasteiger partial charge in [-0.3, -0.25) is 9.78 Å². The van der Waals surface area contributed by atoms with Crippen LogP contribution in [0, 0.1) is 12.3 Å². The number of hydrogen-bond acceptors (Lipinski definition) is 8. The summed E-state index contributed by atoms with van der Waals surface area (Å²) in [4.78, 5) is 29.5. The normalized spacial score (nSPS) is 18.5. The summed E-state index contributed by atoms with van der Waals surface area (Å²) < 4.78 is 5.37. The van der Waals surface area contributed by atoms with Crippen molar-refractivity contribution in [1.82, 2.24) is 19.9 Å². The first-order valence-corrected chi connectivity index (χ1v) is 12.5. The van der Waals surface area contributed by atoms with Gasteiger partial charge in [0.1, 0.15) is 11.1 Å². The first-order chi connectivity index (χ1) is 15.4. The largest absolute Gasteiger partial charge is 0.386 e. The van der Waals surface area contributed by atoms with Gasteiger partial charge in [0, 0.05) is 42.2 Å². The average Bonchev–Trinajstić information content (AvgIpc) is 3.39. The highest BCUT2D eigenvalue weighted by atomic mass is 32.1. The van der Waals surface area contributed by atoms with Gasteiger partial charge in [0.05, 0.1) is 40.0 Å². The van der Waals surface area contributed by atoms with Gasteiger partial charge in [0.2, 0.25) is 0 Å². The molecule has 2 aliphatic rings. The van der Waals surface area contributed by atoms with Crippen molar-refractivity contribution in [3.05, 3.63) is 50.7 Å². The van der Waals surface area contributed by atoms with Crippen LogP contribution in [-0.2, 0) is 11.2 Å². The Morgan fingerprint density at radius 2 is 2.06 bits per heavy atom. The Hall–Kier alpha value is -2.20. The quantitative estimate of drug-likeness (QED) is 0.609. The number of likely N-dealkylation sites (tertiary alicyclic amines) is 1. The summed E-state index contributed by atoms with van der Waals surface area (Å²) >= 11 is 3.07. The van der Waals surface area contributed by atoms with Crippen molar-refractivity contribution in [2.75, 3.05) is 26.3 Å². The summed E-state index contributed by atoms with van der Waals surface area (Å²) in [6.45, 7) is 6.93. The van der Waals surface area contributed by atoms with Gasteiger partial charge in [-0.25, -0.2) is 9.97 Å². The van der Waals surface area contributed by atoms with Crippen molar-refractivity contribution in [2.24, 2.45) is 5.41 Å². The molecule has 7 nitrogen and oxygen atoms in total. The number of aryl methyl sites for hydroxylation is 1. The number of ether oxygens (including phenoxy) is 1. The average molecular weight is 471 g/mol. The highest BCUT2D eigenvalue weighted by molar-refractivity contribution is 7.16. The maximum absolute atomic E-state index is 12.9. The fourth-order valence-corrected chi connectivity index (χ4v) is 6.03. The molecule has 0 aliphatic carbocycles. The zero-order chi connectivity index (χ0) is 22.3. The second kappa shape index (κ2) is 8.62. The van der Waals surface area contributed by atoms with Gasteiger partial charge in [0.25, 0.3) is 5.91 Å². The monoisotopic (exact) mass is 470 g/mol. The Balaban J connectivity index is 1.22. The molecule has 2 aliphatic heterocycles. The molecule has 0 unspecified atom stereocenters. The minimum atomic E-state index is -0.575. The summed E-state index contributed by atoms with van der Waals surface area (Å²) in [6, 6.07) is 3.79. The maximum Gasteiger partial charge on any atom is 0.255 e. The number of rotatable bonds is 5. The Labute approximate surface area is 195 Å². The van der Waals surface area contributed by atoms with Crippen LogP contribution in [0.4, 0.5) is 0 Å². The first-order valence-electron chi connectivity index (χ1n) is 10.8. The maximum atomic E-state index is 12.9. The Morgan fingerprint density at radius 1 is 1.28 bits per heavy atom. The molecule has 1 atom stereocenters. The van der Waals surface area contributed by atoms with E-state index in [-0.39, 0.29) is 5.91 Å². The number of pyridine rings is 1. The van der Waals surface area contributed by atoms with Crippen molar-refractivity contribution in [3.8, 4) is 10.6 Å². The first kappa shape index (κ1) is 21.6. The minimum absolute atomic E-state index is 0.0604. The van der Waals surface area contributed by atoms with E-state index in [9.17, 15) is 9.90 Å². The second-order valence-corrected chi connectivity index (χ2v) is 10.7. The second-order valence-electron chi connectivity index (χ2n) is 8.77. The van der Waals surface area contributed by atoms with E-state index in [1.54, 1.807) is 24.5 Å². The number of amides is 1. The van der Waals surface area contributed by atoms with E-state index in [0.717, 1.165) is 66.1 Å². The van der Waals surface area contributed by atoms with Crippen molar-refractivity contribution in [2.45, 2.75) is 39.2 Å². The van der Waals surface area contributed by atoms with Gasteiger partial charge in [0.15, 0.2) is 0 Å². The standard InChI is InChI=1S/C23H26N4O3S2/c1-14-20(32-21(25-14)15(2)28)18-11-31-19(26-18)9-17-4-3-16(10-24-17)22(29)27-7-5-23(6-8-27)12-30-13-23/h3-4,10-11,15,28H,5-9,12-13H2,1-2H3/t15-/m0/s1. The van der Waals surface area contributed by atoms with Crippen LogP contribution in [0.15, 0.2) is 23.7 Å². The highest BCUT2D eigenvalue weighted by Crippen LogP contribution is 2.38. The lowest BCUT2D eigenvalue weighted by Crippen LogP contribution is -2.52. The molecule has 1 amide bonds. The van der Waals surface area contributed by atoms with Gasteiger partial charge < -0.3 is 14.7 Å². The van der Waals surface area contributed by atoms with Gasteiger partial charge in [-0.1, -0.05) is 0 Å². The lowest BCUT2D eigenvalue weighted by Gasteiger charge is -2.47. The molecule has 3 aromatic rings. The Bertz CT molecular complexity index is 1110. The predicted molar refractivity (Wildman–Crippen MR) is 124 cm³/mol. The number of carbonyl (C=O) groups excluding carboxylic acids is 1. The van der Waals surface area contributed by atoms with Crippen molar-refractivity contribution >= 4 is 28.6 Å². The van der Waals surface area contributed by atoms with Crippen LogP contribution < -0.4 is 0 Å². The predicted octanol–water partition coefficient (Wildman–Crippen LogP) is 3.87. The third-order valence-corrected chi connectivity index (χ3v) is 8.49. The molecule has 0 bridgehead atoms. The van der Waals surface area contributed by atoms with Crippen LogP contribution in [0.25, 0.3) is 10.6 Å². The van der Waals surface area contributed by atoms with E-state index in [1.165, 1.54) is 11.3 Å². The molecule has 0 radical (unpaired) electrons. The smallest absolute Gasteiger partial charge is 0.255 e. The molecule has 9 heteroatoms. The van der Waals surface area contributed by atoms with E-state index in [4.69, 9.17) is 9.72 Å². The lowest BCUT2D eigenvalue weighted by molar-refractivity contribution is -0.136. The SMILES string of the molecule is Cc1nc([C@H](C)O)sc1-c1csc(Cc2ccc(C(=O)N3CCC4(CC3)COC4)cn2)n1. The molecule has 0 saturated carbocycles. The summed E-state index contributed by atoms with van der Waals surface area (Å²) in [5.41, 5.74) is 3.62. The molecule has 1 spiro atoms. The summed E-state index contributed by atoms with van der Waals surface area (Å²) in [5, 5.41) is 13.5. The summed E-state index contributed by atoms with van der Waals surface area (Å²) in [5.74, 6) is 0.0604. The minimum Gasteiger partial charge on any atom is -0.386 e. The molecule has 2 saturated heterocycles. The van der Waals surface area contributed by atoms with Crippen LogP contribution in [0.5, 0.6) is 0 Å². The van der Waals surface area contributed by atoms with Gasteiger partial charge in [-0.05, 0) is 38.8 Å². The third-order valence-electron chi connectivity index (χ3n) is 6.29. The fourth-order valence-electron chi connectivity index (χ4n) is 4.19. The molecule has 3 aromatic heterocycles. The van der Waals surface area contributed by atoms with Crippen LogP contribution in [0.1, 0.15) is 57.6 Å². The molecular weight excluding hydrogens is 444 g/mol. The molecule has 1 N–H and O–H groups in total. The number of piperidine rings is 1. The number of thiazole rings is 2. The molecular formula is C23H26N4O3S2. The number of nitrogens with zero attached hydrogens (tertiary/aromatic N) is 4. The molecule has 5 rings (SSSR count). The van der Waals surface area contributed by atoms with Gasteiger partial charge in [-0.15, -0.1) is 22.7 Å². The molecule has 32 heavy (non-hydrogen) atoms. The molecule has 168 valence electrons. The lowest BCUT2D eigenvalue weighted by atomic mass is 9.77. The van der Waals surface area contributed by atoms with Gasteiger partial charge in [-0.2, -0.15) is 0 Å². The number of hydrogen-bond donors (Lipinski definition) is 1. The van der Waals surface area contributed by atoms with Crippen LogP contribution in [-0.4, -0.2) is 57.2 Å². The number of aliphatic hydroxyl groups is 1. The number of carbonyl (C=O) groups is 1. The zero-order valence-corrected chi connectivity index (χ0v) is 19.8. The third kappa shape index (κ3) is 4.22. The number of aromatic nitrogens is 3. The van der Waals surface area contributed by atoms with E-state index in [2.05, 4.69) is 9.97 Å². The Kier molecular flexibility index (Phi) is 5.83. The molecule has 2 fully saturated rings. The van der Waals surface area contributed by atoms with Crippen LogP contribution >= 0.6 is 22.7 Å². The summed E-state index contributed by atoms with van der Waals surface area (Å²) in [6.07, 6.45) is 3.77. The van der Waals surface area contributed by atoms with Crippen molar-refractivity contribution in [3.63, 3.8) is 0 Å². The fraction of sp³-hybridized carbons (Fsp3) is 0.478. The van der Waals surface area contributed by atoms with Crippen molar-refractivity contribution < 1.29 is 14.6 Å². The van der Waals surface area contributed by atoms with E-state index in [0.29, 0.717) is 22.4 Å². The van der Waals surface area contributed by atoms with Crippen LogP contribution in [0.2, 0.25) is 0 Å². The highest BCUT2D eigenvalue weighted by Gasteiger charge is 2.42. The zero-order valence-electron chi connectivity index (χ0n) is 18.2.